The van der Waals surface area contributed by atoms with Gasteiger partial charge in [-0.05, 0) is 57.0 Å². The van der Waals surface area contributed by atoms with Crippen molar-refractivity contribution in [2.45, 2.75) is 40.2 Å². The average Bonchev–Trinajstić information content (AvgIpc) is 2.63. The monoisotopic (exact) mass is 362 g/mol. The maximum Gasteiger partial charge on any atom is 0.229 e. The van der Waals surface area contributed by atoms with Crippen LogP contribution in [0.1, 0.15) is 32.0 Å². The molecule has 0 saturated carbocycles. The van der Waals surface area contributed by atoms with Gasteiger partial charge >= 0.3 is 0 Å². The minimum Gasteiger partial charge on any atom is -0.489 e. The number of hydrogen-bond acceptors (Lipinski definition) is 5. The second-order valence-electron chi connectivity index (χ2n) is 6.68. The summed E-state index contributed by atoms with van der Waals surface area (Å²) in [5, 5.41) is 6.62. The van der Waals surface area contributed by atoms with Crippen LogP contribution in [-0.2, 0) is 6.42 Å². The van der Waals surface area contributed by atoms with Gasteiger partial charge < -0.3 is 15.4 Å². The Balaban J connectivity index is 1.81. The topological polar surface area (TPSA) is 59.1 Å². The van der Waals surface area contributed by atoms with Gasteiger partial charge in [-0.1, -0.05) is 31.2 Å². The molecule has 0 saturated heterocycles. The van der Waals surface area contributed by atoms with E-state index in [0.717, 1.165) is 35.1 Å². The molecule has 5 nitrogen and oxygen atoms in total. The van der Waals surface area contributed by atoms with E-state index in [1.807, 2.05) is 63.2 Å². The zero-order valence-corrected chi connectivity index (χ0v) is 16.3. The van der Waals surface area contributed by atoms with Crippen LogP contribution in [0, 0.1) is 6.92 Å². The maximum absolute atomic E-state index is 5.87. The Morgan fingerprint density at radius 3 is 2.41 bits per heavy atom. The van der Waals surface area contributed by atoms with Crippen molar-refractivity contribution in [3.05, 3.63) is 65.9 Å². The first-order valence-electron chi connectivity index (χ1n) is 9.28. The predicted octanol–water partition coefficient (Wildman–Crippen LogP) is 5.62. The van der Waals surface area contributed by atoms with E-state index in [9.17, 15) is 0 Å². The van der Waals surface area contributed by atoms with Crippen LogP contribution in [0.15, 0.2) is 54.6 Å². The molecule has 0 radical (unpaired) electrons. The molecule has 0 aliphatic heterocycles. The van der Waals surface area contributed by atoms with E-state index >= 15 is 0 Å². The van der Waals surface area contributed by atoms with E-state index in [1.165, 1.54) is 5.56 Å². The van der Waals surface area contributed by atoms with E-state index in [-0.39, 0.29) is 6.10 Å². The highest BCUT2D eigenvalue weighted by atomic mass is 16.5. The summed E-state index contributed by atoms with van der Waals surface area (Å²) in [6, 6.07) is 18.1. The number of para-hydroxylation sites is 2. The third-order valence-corrected chi connectivity index (χ3v) is 3.99. The molecule has 27 heavy (non-hydrogen) atoms. The lowest BCUT2D eigenvalue weighted by Crippen LogP contribution is -2.08. The van der Waals surface area contributed by atoms with E-state index in [2.05, 4.69) is 39.7 Å². The molecule has 2 aromatic carbocycles. The van der Waals surface area contributed by atoms with Gasteiger partial charge in [0.05, 0.1) is 11.8 Å². The number of nitrogens with one attached hydrogen (secondary N) is 2. The molecule has 0 aliphatic carbocycles. The molecule has 5 heteroatoms. The predicted molar refractivity (Wildman–Crippen MR) is 111 cm³/mol. The highest BCUT2D eigenvalue weighted by Gasteiger charge is 2.08. The molecule has 0 spiro atoms. The van der Waals surface area contributed by atoms with Crippen molar-refractivity contribution in [2.24, 2.45) is 0 Å². The van der Waals surface area contributed by atoms with Gasteiger partial charge in [-0.3, -0.25) is 0 Å². The van der Waals surface area contributed by atoms with E-state index < -0.39 is 0 Å². The van der Waals surface area contributed by atoms with Gasteiger partial charge in [-0.15, -0.1) is 0 Å². The van der Waals surface area contributed by atoms with Gasteiger partial charge in [0.25, 0.3) is 0 Å². The van der Waals surface area contributed by atoms with Crippen LogP contribution in [0.25, 0.3) is 0 Å². The maximum atomic E-state index is 5.87. The first kappa shape index (κ1) is 18.7. The van der Waals surface area contributed by atoms with Crippen LogP contribution in [0.3, 0.4) is 0 Å². The van der Waals surface area contributed by atoms with Gasteiger partial charge in [0.2, 0.25) is 5.95 Å². The minimum absolute atomic E-state index is 0.100. The van der Waals surface area contributed by atoms with Crippen molar-refractivity contribution in [3.8, 4) is 5.75 Å². The standard InChI is InChI=1S/C22H26N4O/c1-5-17-10-12-18(13-11-17)24-22-23-16(4)14-21(26-22)25-19-8-6-7-9-20(19)27-15(2)3/h6-15H,5H2,1-4H3,(H2,23,24,25,26). The molecular weight excluding hydrogens is 336 g/mol. The summed E-state index contributed by atoms with van der Waals surface area (Å²) in [6.07, 6.45) is 1.12. The Bertz CT molecular complexity index is 891. The molecule has 3 aromatic rings. The minimum atomic E-state index is 0.100. The Hall–Kier alpha value is -3.08. The van der Waals surface area contributed by atoms with Gasteiger partial charge in [-0.25, -0.2) is 4.98 Å². The quantitative estimate of drug-likeness (QED) is 0.571. The fraction of sp³-hybridized carbons (Fsp3) is 0.273. The zero-order valence-electron chi connectivity index (χ0n) is 16.3. The largest absolute Gasteiger partial charge is 0.489 e. The van der Waals surface area contributed by atoms with Crippen molar-refractivity contribution in [3.63, 3.8) is 0 Å². The number of benzene rings is 2. The Morgan fingerprint density at radius 1 is 0.963 bits per heavy atom. The Morgan fingerprint density at radius 2 is 1.70 bits per heavy atom. The molecule has 0 atom stereocenters. The van der Waals surface area contributed by atoms with Crippen molar-refractivity contribution in [1.82, 2.24) is 9.97 Å². The molecule has 3 rings (SSSR count). The lowest BCUT2D eigenvalue weighted by Gasteiger charge is -2.16. The molecule has 0 unspecified atom stereocenters. The second-order valence-corrected chi connectivity index (χ2v) is 6.68. The molecule has 0 fully saturated rings. The van der Waals surface area contributed by atoms with E-state index in [1.54, 1.807) is 0 Å². The summed E-state index contributed by atoms with van der Waals surface area (Å²) in [4.78, 5) is 9.09. The van der Waals surface area contributed by atoms with Crippen LogP contribution in [0.4, 0.5) is 23.1 Å². The molecule has 0 aliphatic rings. The lowest BCUT2D eigenvalue weighted by molar-refractivity contribution is 0.244. The molecule has 1 heterocycles. The number of nitrogens with zero attached hydrogens (tertiary/aromatic N) is 2. The first-order chi connectivity index (χ1) is 13.0. The molecule has 1 aromatic heterocycles. The summed E-state index contributed by atoms with van der Waals surface area (Å²) >= 11 is 0. The number of ether oxygens (including phenoxy) is 1. The van der Waals surface area contributed by atoms with Crippen LogP contribution in [-0.4, -0.2) is 16.1 Å². The van der Waals surface area contributed by atoms with Crippen molar-refractivity contribution in [2.75, 3.05) is 10.6 Å². The molecule has 0 bridgehead atoms. The van der Waals surface area contributed by atoms with Gasteiger partial charge in [0.1, 0.15) is 11.6 Å². The van der Waals surface area contributed by atoms with Crippen LogP contribution in [0.2, 0.25) is 0 Å². The van der Waals surface area contributed by atoms with E-state index in [0.29, 0.717) is 5.95 Å². The number of aryl methyl sites for hydroxylation is 2. The fourth-order valence-electron chi connectivity index (χ4n) is 2.71. The molecule has 0 amide bonds. The zero-order chi connectivity index (χ0) is 19.2. The highest BCUT2D eigenvalue weighted by molar-refractivity contribution is 5.65. The lowest BCUT2D eigenvalue weighted by atomic mass is 10.1. The SMILES string of the molecule is CCc1ccc(Nc2nc(C)cc(Nc3ccccc3OC(C)C)n2)cc1. The van der Waals surface area contributed by atoms with Crippen LogP contribution in [0.5, 0.6) is 5.75 Å². The summed E-state index contributed by atoms with van der Waals surface area (Å²) < 4.78 is 5.87. The highest BCUT2D eigenvalue weighted by Crippen LogP contribution is 2.28. The second kappa shape index (κ2) is 8.54. The third kappa shape index (κ3) is 5.20. The average molecular weight is 362 g/mol. The smallest absolute Gasteiger partial charge is 0.229 e. The molecule has 140 valence electrons. The summed E-state index contributed by atoms with van der Waals surface area (Å²) in [5.74, 6) is 2.08. The Labute approximate surface area is 160 Å². The number of anilines is 4. The van der Waals surface area contributed by atoms with Crippen LogP contribution < -0.4 is 15.4 Å². The van der Waals surface area contributed by atoms with Crippen molar-refractivity contribution >= 4 is 23.1 Å². The summed E-state index contributed by atoms with van der Waals surface area (Å²) in [5.41, 5.74) is 4.02. The summed E-state index contributed by atoms with van der Waals surface area (Å²) in [7, 11) is 0. The van der Waals surface area contributed by atoms with Crippen molar-refractivity contribution in [1.29, 1.82) is 0 Å². The van der Waals surface area contributed by atoms with E-state index in [4.69, 9.17) is 4.74 Å². The van der Waals surface area contributed by atoms with Gasteiger partial charge in [0.15, 0.2) is 0 Å². The normalized spacial score (nSPS) is 10.7. The Kier molecular flexibility index (Phi) is 5.91. The fourth-order valence-corrected chi connectivity index (χ4v) is 2.71. The van der Waals surface area contributed by atoms with Crippen LogP contribution >= 0.6 is 0 Å². The summed E-state index contributed by atoms with van der Waals surface area (Å²) in [6.45, 7) is 8.12. The van der Waals surface area contributed by atoms with Gasteiger partial charge in [-0.2, -0.15) is 4.98 Å². The number of rotatable bonds is 7. The van der Waals surface area contributed by atoms with Gasteiger partial charge in [0, 0.05) is 17.4 Å². The number of aromatic nitrogens is 2. The molecule has 2 N–H and O–H groups in total. The molecular formula is C22H26N4O. The van der Waals surface area contributed by atoms with Crippen molar-refractivity contribution < 1.29 is 4.74 Å². The third-order valence-electron chi connectivity index (χ3n) is 3.99. The number of hydrogen-bond donors (Lipinski definition) is 2. The first-order valence-corrected chi connectivity index (χ1v) is 9.28.